The minimum Gasteiger partial charge on any atom is -0.377 e. The summed E-state index contributed by atoms with van der Waals surface area (Å²) in [4.78, 5) is 0. The van der Waals surface area contributed by atoms with Crippen LogP contribution < -0.4 is 0 Å². The van der Waals surface area contributed by atoms with Gasteiger partial charge in [-0.3, -0.25) is 0 Å². The van der Waals surface area contributed by atoms with Gasteiger partial charge in [0.05, 0.1) is 6.04 Å². The van der Waals surface area contributed by atoms with Crippen LogP contribution in [0.4, 0.5) is 39.5 Å². The Labute approximate surface area is 127 Å². The van der Waals surface area contributed by atoms with Gasteiger partial charge in [0, 0.05) is 21.3 Å². The molecule has 0 rings (SSSR count). The number of halogens is 9. The van der Waals surface area contributed by atoms with Crippen molar-refractivity contribution in [2.75, 3.05) is 21.3 Å². The Morgan fingerprint density at radius 2 is 1.13 bits per heavy atom. The van der Waals surface area contributed by atoms with Gasteiger partial charge in [0.25, 0.3) is 0 Å². The molecule has 0 N–H and O–H groups in total. The highest BCUT2D eigenvalue weighted by atomic mass is 28.4. The molecule has 0 aliphatic heterocycles. The minimum absolute atomic E-state index is 0.152. The summed E-state index contributed by atoms with van der Waals surface area (Å²) in [7, 11) is -2.35. The third kappa shape index (κ3) is 3.61. The van der Waals surface area contributed by atoms with Crippen LogP contribution >= 0.6 is 0 Å². The third-order valence-electron chi connectivity index (χ3n) is 3.14. The second-order valence-electron chi connectivity index (χ2n) is 4.56. The lowest BCUT2D eigenvalue weighted by molar-refractivity contribution is -0.371. The standard InChI is InChI=1S/C10H15F9O3Si/c1-6(11)8(14,15)10(18,19)9(16,17)7(12,13)5-23(20-2,21-3)22-4/h6H,5H2,1-4H3. The van der Waals surface area contributed by atoms with E-state index < -0.39 is 44.7 Å². The molecule has 0 aliphatic carbocycles. The minimum atomic E-state index is -6.67. The molecule has 0 spiro atoms. The van der Waals surface area contributed by atoms with Gasteiger partial charge in [0.1, 0.15) is 0 Å². The van der Waals surface area contributed by atoms with Crippen LogP contribution in [0.3, 0.4) is 0 Å². The van der Waals surface area contributed by atoms with Crippen LogP contribution in [0.5, 0.6) is 0 Å². The molecular weight excluding hydrogens is 367 g/mol. The average molecular weight is 382 g/mol. The summed E-state index contributed by atoms with van der Waals surface area (Å²) in [6, 6.07) is -2.22. The molecule has 0 saturated heterocycles. The van der Waals surface area contributed by atoms with Gasteiger partial charge in [-0.05, 0) is 6.92 Å². The maximum Gasteiger partial charge on any atom is 0.506 e. The van der Waals surface area contributed by atoms with E-state index in [9.17, 15) is 39.5 Å². The molecule has 0 aromatic heterocycles. The summed E-state index contributed by atoms with van der Waals surface area (Å²) >= 11 is 0. The molecule has 0 saturated carbocycles. The van der Waals surface area contributed by atoms with Crippen LogP contribution in [0, 0.1) is 0 Å². The Hall–Kier alpha value is -0.533. The molecule has 1 unspecified atom stereocenters. The van der Waals surface area contributed by atoms with E-state index >= 15 is 0 Å². The highest BCUT2D eigenvalue weighted by Crippen LogP contribution is 2.55. The topological polar surface area (TPSA) is 27.7 Å². The van der Waals surface area contributed by atoms with Gasteiger partial charge in [0.15, 0.2) is 6.17 Å². The van der Waals surface area contributed by atoms with Gasteiger partial charge in [0.2, 0.25) is 0 Å². The van der Waals surface area contributed by atoms with Crippen molar-refractivity contribution in [3.63, 3.8) is 0 Å². The zero-order valence-corrected chi connectivity index (χ0v) is 13.4. The molecule has 0 heterocycles. The van der Waals surface area contributed by atoms with Crippen molar-refractivity contribution in [2.24, 2.45) is 0 Å². The number of rotatable bonds is 9. The number of alkyl halides is 9. The summed E-state index contributed by atoms with van der Waals surface area (Å²) in [5.41, 5.74) is 0. The largest absolute Gasteiger partial charge is 0.506 e. The predicted molar refractivity (Wildman–Crippen MR) is 61.9 cm³/mol. The normalized spacial score (nSPS) is 16.6. The quantitative estimate of drug-likeness (QED) is 0.449. The first-order valence-corrected chi connectivity index (χ1v) is 7.82. The van der Waals surface area contributed by atoms with Crippen LogP contribution in [0.25, 0.3) is 0 Å². The molecule has 0 aromatic rings. The van der Waals surface area contributed by atoms with E-state index in [1.807, 2.05) is 0 Å². The van der Waals surface area contributed by atoms with Gasteiger partial charge >= 0.3 is 32.5 Å². The second-order valence-corrected chi connectivity index (χ2v) is 7.51. The Kier molecular flexibility index (Phi) is 6.61. The van der Waals surface area contributed by atoms with Crippen LogP contribution in [0.1, 0.15) is 6.92 Å². The fourth-order valence-electron chi connectivity index (χ4n) is 1.54. The van der Waals surface area contributed by atoms with E-state index in [1.165, 1.54) is 0 Å². The van der Waals surface area contributed by atoms with E-state index in [1.54, 1.807) is 0 Å². The van der Waals surface area contributed by atoms with E-state index in [4.69, 9.17) is 0 Å². The van der Waals surface area contributed by atoms with Crippen LogP contribution in [-0.4, -0.2) is 60.0 Å². The van der Waals surface area contributed by atoms with Crippen molar-refractivity contribution in [3.8, 4) is 0 Å². The van der Waals surface area contributed by atoms with E-state index in [0.29, 0.717) is 0 Å². The molecule has 3 nitrogen and oxygen atoms in total. The molecule has 1 atom stereocenters. The lowest BCUT2D eigenvalue weighted by Gasteiger charge is -2.39. The summed E-state index contributed by atoms with van der Waals surface area (Å²) in [6.45, 7) is -0.152. The molecule has 0 bridgehead atoms. The summed E-state index contributed by atoms with van der Waals surface area (Å²) in [5, 5.41) is 0. The number of hydrogen-bond acceptors (Lipinski definition) is 3. The molecule has 0 fully saturated rings. The van der Waals surface area contributed by atoms with Crippen molar-refractivity contribution in [1.29, 1.82) is 0 Å². The molecular formula is C10H15F9O3Si. The highest BCUT2D eigenvalue weighted by Gasteiger charge is 2.82. The zero-order chi connectivity index (χ0) is 18.9. The SMILES string of the molecule is CO[Si](CC(F)(F)C(F)(F)C(F)(F)C(F)(F)C(C)F)(OC)OC. The molecule has 0 radical (unpaired) electrons. The smallest absolute Gasteiger partial charge is 0.377 e. The van der Waals surface area contributed by atoms with Gasteiger partial charge in [-0.2, -0.15) is 35.1 Å². The summed E-state index contributed by atoms with van der Waals surface area (Å²) < 4.78 is 133. The van der Waals surface area contributed by atoms with Gasteiger partial charge < -0.3 is 13.3 Å². The first-order chi connectivity index (χ1) is 10.1. The Bertz CT molecular complexity index is 391. The average Bonchev–Trinajstić information content (AvgIpc) is 2.44. The molecule has 0 amide bonds. The van der Waals surface area contributed by atoms with Crippen LogP contribution in [-0.2, 0) is 13.3 Å². The van der Waals surface area contributed by atoms with Gasteiger partial charge in [-0.1, -0.05) is 0 Å². The summed E-state index contributed by atoms with van der Waals surface area (Å²) in [6.07, 6.45) is -3.80. The Balaban J connectivity index is 5.88. The van der Waals surface area contributed by atoms with Gasteiger partial charge in [-0.25, -0.2) is 4.39 Å². The maximum absolute atomic E-state index is 13.7. The van der Waals surface area contributed by atoms with E-state index in [2.05, 4.69) is 13.3 Å². The fourth-order valence-corrected chi connectivity index (χ4v) is 3.24. The van der Waals surface area contributed by atoms with Crippen LogP contribution in [0.15, 0.2) is 0 Å². The Morgan fingerprint density at radius 3 is 1.39 bits per heavy atom. The molecule has 13 heteroatoms. The van der Waals surface area contributed by atoms with E-state index in [-0.39, 0.29) is 6.92 Å². The summed E-state index contributed by atoms with van der Waals surface area (Å²) in [5.74, 6) is -25.0. The molecule has 0 aliphatic rings. The molecule has 140 valence electrons. The van der Waals surface area contributed by atoms with Crippen molar-refractivity contribution < 1.29 is 52.8 Å². The lowest BCUT2D eigenvalue weighted by atomic mass is 9.97. The monoisotopic (exact) mass is 382 g/mol. The van der Waals surface area contributed by atoms with Gasteiger partial charge in [-0.15, -0.1) is 0 Å². The van der Waals surface area contributed by atoms with Crippen molar-refractivity contribution in [2.45, 2.75) is 42.8 Å². The first-order valence-electron chi connectivity index (χ1n) is 5.89. The van der Waals surface area contributed by atoms with Crippen LogP contribution in [0.2, 0.25) is 6.04 Å². The Morgan fingerprint density at radius 1 is 0.783 bits per heavy atom. The highest BCUT2D eigenvalue weighted by molar-refractivity contribution is 6.60. The molecule has 0 aromatic carbocycles. The fraction of sp³-hybridized carbons (Fsp3) is 1.00. The first kappa shape index (κ1) is 22.5. The van der Waals surface area contributed by atoms with Crippen molar-refractivity contribution >= 4 is 8.80 Å². The second kappa shape index (κ2) is 6.76. The lowest BCUT2D eigenvalue weighted by Crippen LogP contribution is -2.66. The third-order valence-corrected chi connectivity index (χ3v) is 5.89. The maximum atomic E-state index is 13.7. The molecule has 23 heavy (non-hydrogen) atoms. The number of hydrogen-bond donors (Lipinski definition) is 0. The zero-order valence-electron chi connectivity index (χ0n) is 12.4. The predicted octanol–water partition coefficient (Wildman–Crippen LogP) is 3.76. The van der Waals surface area contributed by atoms with Crippen molar-refractivity contribution in [3.05, 3.63) is 0 Å². The van der Waals surface area contributed by atoms with Crippen molar-refractivity contribution in [1.82, 2.24) is 0 Å². The van der Waals surface area contributed by atoms with E-state index in [0.717, 1.165) is 21.3 Å².